The van der Waals surface area contributed by atoms with Crippen LogP contribution in [0.1, 0.15) is 24.6 Å². The fourth-order valence-corrected chi connectivity index (χ4v) is 0.941. The van der Waals surface area contributed by atoms with Crippen molar-refractivity contribution < 1.29 is 0 Å². The number of nitriles is 1. The third kappa shape index (κ3) is 2.05. The van der Waals surface area contributed by atoms with E-state index in [1.54, 1.807) is 12.3 Å². The van der Waals surface area contributed by atoms with Gasteiger partial charge in [0.05, 0.1) is 11.6 Å². The standard InChI is InChI=1S/C9H10N2/c1-2-3-9-6-8(7-10)4-5-11-9/h4-6H,2-3H2,1H3. The molecule has 1 rings (SSSR count). The lowest BCUT2D eigenvalue weighted by Gasteiger charge is -1.95. The van der Waals surface area contributed by atoms with Crippen LogP contribution in [-0.2, 0) is 6.42 Å². The monoisotopic (exact) mass is 146 g/mol. The van der Waals surface area contributed by atoms with Crippen molar-refractivity contribution in [2.45, 2.75) is 19.8 Å². The van der Waals surface area contributed by atoms with Crippen LogP contribution in [0.25, 0.3) is 0 Å². The molecule has 0 radical (unpaired) electrons. The van der Waals surface area contributed by atoms with Crippen LogP contribution in [-0.4, -0.2) is 4.98 Å². The van der Waals surface area contributed by atoms with E-state index >= 15 is 0 Å². The molecule has 11 heavy (non-hydrogen) atoms. The zero-order valence-corrected chi connectivity index (χ0v) is 6.54. The second kappa shape index (κ2) is 3.72. The lowest BCUT2D eigenvalue weighted by Crippen LogP contribution is -1.88. The first-order valence-corrected chi connectivity index (χ1v) is 3.72. The van der Waals surface area contributed by atoms with E-state index in [-0.39, 0.29) is 0 Å². The average molecular weight is 146 g/mol. The highest BCUT2D eigenvalue weighted by atomic mass is 14.7. The minimum atomic E-state index is 0.698. The molecule has 1 aromatic rings. The number of aryl methyl sites for hydroxylation is 1. The van der Waals surface area contributed by atoms with E-state index in [0.29, 0.717) is 5.56 Å². The van der Waals surface area contributed by atoms with E-state index in [0.717, 1.165) is 18.5 Å². The van der Waals surface area contributed by atoms with Crippen molar-refractivity contribution in [3.05, 3.63) is 29.6 Å². The first kappa shape index (κ1) is 7.74. The highest BCUT2D eigenvalue weighted by Crippen LogP contribution is 2.02. The summed E-state index contributed by atoms with van der Waals surface area (Å²) in [6.45, 7) is 2.10. The minimum Gasteiger partial charge on any atom is -0.261 e. The highest BCUT2D eigenvalue weighted by Gasteiger charge is 1.93. The van der Waals surface area contributed by atoms with Gasteiger partial charge in [-0.05, 0) is 18.6 Å². The molecule has 0 N–H and O–H groups in total. The Morgan fingerprint density at radius 2 is 2.45 bits per heavy atom. The molecule has 0 fully saturated rings. The third-order valence-corrected chi connectivity index (χ3v) is 1.45. The van der Waals surface area contributed by atoms with Gasteiger partial charge in [-0.2, -0.15) is 5.26 Å². The van der Waals surface area contributed by atoms with Gasteiger partial charge >= 0.3 is 0 Å². The number of rotatable bonds is 2. The van der Waals surface area contributed by atoms with E-state index in [9.17, 15) is 0 Å². The lowest BCUT2D eigenvalue weighted by atomic mass is 10.2. The van der Waals surface area contributed by atoms with Crippen LogP contribution in [0.3, 0.4) is 0 Å². The molecule has 2 nitrogen and oxygen atoms in total. The molecule has 1 aromatic heterocycles. The predicted octanol–water partition coefficient (Wildman–Crippen LogP) is 1.91. The Labute approximate surface area is 66.5 Å². The molecule has 0 aliphatic heterocycles. The molecule has 1 heterocycles. The summed E-state index contributed by atoms with van der Waals surface area (Å²) in [7, 11) is 0. The Hall–Kier alpha value is -1.36. The van der Waals surface area contributed by atoms with Gasteiger partial charge < -0.3 is 0 Å². The van der Waals surface area contributed by atoms with E-state index in [4.69, 9.17) is 5.26 Å². The van der Waals surface area contributed by atoms with Crippen molar-refractivity contribution in [1.29, 1.82) is 5.26 Å². The van der Waals surface area contributed by atoms with Crippen molar-refractivity contribution in [2.24, 2.45) is 0 Å². The molecule has 0 amide bonds. The fourth-order valence-electron chi connectivity index (χ4n) is 0.941. The van der Waals surface area contributed by atoms with Gasteiger partial charge in [0.25, 0.3) is 0 Å². The molecule has 0 atom stereocenters. The first-order valence-electron chi connectivity index (χ1n) is 3.72. The van der Waals surface area contributed by atoms with Crippen LogP contribution in [0.5, 0.6) is 0 Å². The second-order valence-corrected chi connectivity index (χ2v) is 2.40. The summed E-state index contributed by atoms with van der Waals surface area (Å²) in [5, 5.41) is 8.55. The van der Waals surface area contributed by atoms with Gasteiger partial charge in [0, 0.05) is 11.9 Å². The summed E-state index contributed by atoms with van der Waals surface area (Å²) in [6, 6.07) is 5.64. The third-order valence-electron chi connectivity index (χ3n) is 1.45. The maximum Gasteiger partial charge on any atom is 0.0992 e. The van der Waals surface area contributed by atoms with Gasteiger partial charge in [-0.15, -0.1) is 0 Å². The molecular weight excluding hydrogens is 136 g/mol. The first-order chi connectivity index (χ1) is 5.36. The normalized spacial score (nSPS) is 9.09. The maximum atomic E-state index is 8.55. The number of hydrogen-bond donors (Lipinski definition) is 0. The molecule has 0 aliphatic rings. The van der Waals surface area contributed by atoms with Crippen molar-refractivity contribution in [2.75, 3.05) is 0 Å². The number of pyridine rings is 1. The van der Waals surface area contributed by atoms with Crippen molar-refractivity contribution in [3.63, 3.8) is 0 Å². The molecule has 0 unspecified atom stereocenters. The summed E-state index contributed by atoms with van der Waals surface area (Å²) in [4.78, 5) is 4.13. The minimum absolute atomic E-state index is 0.698. The van der Waals surface area contributed by atoms with E-state index in [1.807, 2.05) is 6.07 Å². The summed E-state index contributed by atoms with van der Waals surface area (Å²) >= 11 is 0. The smallest absolute Gasteiger partial charge is 0.0992 e. The van der Waals surface area contributed by atoms with Gasteiger partial charge in [-0.3, -0.25) is 4.98 Å². The molecule has 0 aliphatic carbocycles. The van der Waals surface area contributed by atoms with Crippen LogP contribution in [0, 0.1) is 11.3 Å². The topological polar surface area (TPSA) is 36.7 Å². The molecule has 56 valence electrons. The molecule has 2 heteroatoms. The quantitative estimate of drug-likeness (QED) is 0.639. The predicted molar refractivity (Wildman–Crippen MR) is 42.9 cm³/mol. The molecule has 0 aromatic carbocycles. The van der Waals surface area contributed by atoms with Gasteiger partial charge in [0.2, 0.25) is 0 Å². The molecule has 0 saturated carbocycles. The summed E-state index contributed by atoms with van der Waals surface area (Å²) < 4.78 is 0. The number of hydrogen-bond acceptors (Lipinski definition) is 2. The van der Waals surface area contributed by atoms with Gasteiger partial charge in [0.1, 0.15) is 0 Å². The highest BCUT2D eigenvalue weighted by molar-refractivity contribution is 5.28. The number of aromatic nitrogens is 1. The Balaban J connectivity index is 2.85. The summed E-state index contributed by atoms with van der Waals surface area (Å²) in [6.07, 6.45) is 3.71. The van der Waals surface area contributed by atoms with Crippen LogP contribution in [0.15, 0.2) is 18.3 Å². The van der Waals surface area contributed by atoms with Crippen LogP contribution >= 0.6 is 0 Å². The van der Waals surface area contributed by atoms with Gasteiger partial charge in [0.15, 0.2) is 0 Å². The molecule has 0 spiro atoms. The van der Waals surface area contributed by atoms with Crippen molar-refractivity contribution in [1.82, 2.24) is 4.98 Å². The van der Waals surface area contributed by atoms with E-state index < -0.39 is 0 Å². The zero-order valence-electron chi connectivity index (χ0n) is 6.54. The van der Waals surface area contributed by atoms with Gasteiger partial charge in [-0.25, -0.2) is 0 Å². The van der Waals surface area contributed by atoms with E-state index in [2.05, 4.69) is 18.0 Å². The maximum absolute atomic E-state index is 8.55. The second-order valence-electron chi connectivity index (χ2n) is 2.40. The van der Waals surface area contributed by atoms with Crippen molar-refractivity contribution in [3.8, 4) is 6.07 Å². The number of nitrogens with zero attached hydrogens (tertiary/aromatic N) is 2. The van der Waals surface area contributed by atoms with Crippen molar-refractivity contribution >= 4 is 0 Å². The average Bonchev–Trinajstić information content (AvgIpc) is 2.06. The molecular formula is C9H10N2. The van der Waals surface area contributed by atoms with Crippen LogP contribution in [0.2, 0.25) is 0 Å². The van der Waals surface area contributed by atoms with Gasteiger partial charge in [-0.1, -0.05) is 13.3 Å². The Kier molecular flexibility index (Phi) is 2.62. The molecule has 0 bridgehead atoms. The Morgan fingerprint density at radius 3 is 3.09 bits per heavy atom. The Morgan fingerprint density at radius 1 is 1.64 bits per heavy atom. The zero-order chi connectivity index (χ0) is 8.10. The SMILES string of the molecule is CCCc1cc(C#N)ccn1. The summed E-state index contributed by atoms with van der Waals surface area (Å²) in [5.41, 5.74) is 1.70. The van der Waals surface area contributed by atoms with Crippen LogP contribution < -0.4 is 0 Å². The van der Waals surface area contributed by atoms with E-state index in [1.165, 1.54) is 0 Å². The largest absolute Gasteiger partial charge is 0.261 e. The Bertz CT molecular complexity index is 273. The van der Waals surface area contributed by atoms with Crippen LogP contribution in [0.4, 0.5) is 0 Å². The summed E-state index contributed by atoms with van der Waals surface area (Å²) in [5.74, 6) is 0. The molecule has 0 saturated heterocycles. The lowest BCUT2D eigenvalue weighted by molar-refractivity contribution is 0.881. The fraction of sp³-hybridized carbons (Fsp3) is 0.333.